The van der Waals surface area contributed by atoms with E-state index >= 15 is 0 Å². The molecular formula is C29H39N3O2. The number of hydrogen-bond acceptors (Lipinski definition) is 3. The summed E-state index contributed by atoms with van der Waals surface area (Å²) in [6.07, 6.45) is 14.8. The van der Waals surface area contributed by atoms with E-state index < -0.39 is 6.04 Å². The van der Waals surface area contributed by atoms with E-state index in [1.54, 1.807) is 4.90 Å². The van der Waals surface area contributed by atoms with Crippen molar-refractivity contribution in [1.82, 2.24) is 9.80 Å². The minimum absolute atomic E-state index is 0.0221. The maximum Gasteiger partial charge on any atom is 0.255 e. The van der Waals surface area contributed by atoms with Crippen LogP contribution in [0.15, 0.2) is 60.3 Å². The first-order valence-corrected chi connectivity index (χ1v) is 13.0. The predicted molar refractivity (Wildman–Crippen MR) is 138 cm³/mol. The van der Waals surface area contributed by atoms with Crippen LogP contribution < -0.4 is 4.90 Å². The lowest BCUT2D eigenvalue weighted by Gasteiger charge is -2.35. The molecule has 182 valence electrons. The highest BCUT2D eigenvalue weighted by Gasteiger charge is 2.46. The number of fused-ring (bicyclic) bond motifs is 1. The molecule has 0 spiro atoms. The third-order valence-corrected chi connectivity index (χ3v) is 7.25. The van der Waals surface area contributed by atoms with Crippen LogP contribution in [0.2, 0.25) is 0 Å². The first-order chi connectivity index (χ1) is 16.5. The van der Waals surface area contributed by atoms with Crippen molar-refractivity contribution in [2.75, 3.05) is 24.5 Å². The first kappa shape index (κ1) is 24.5. The van der Waals surface area contributed by atoms with E-state index in [0.717, 1.165) is 74.1 Å². The van der Waals surface area contributed by atoms with Gasteiger partial charge in [0.2, 0.25) is 5.91 Å². The fourth-order valence-electron chi connectivity index (χ4n) is 5.73. The smallest absolute Gasteiger partial charge is 0.255 e. The van der Waals surface area contributed by atoms with Crippen LogP contribution in [0.3, 0.4) is 0 Å². The van der Waals surface area contributed by atoms with E-state index in [1.807, 2.05) is 61.2 Å². The molecule has 5 nitrogen and oxygen atoms in total. The fraction of sp³-hybridized carbons (Fsp3) is 0.517. The zero-order chi connectivity index (χ0) is 24.1. The molecule has 3 aliphatic rings. The molecule has 1 aromatic carbocycles. The standard InChI is InChI=1S/C29H39N3O2/c1-4-13-24(20-22(2)3)32(27(33)21-30-18-11-6-12-19-30)28-25-16-9-10-17-26(25)31(29(28)34)23-14-7-5-8-15-23/h4,9-10,13,16-17,20,23,28H,2,5-8,11-12,14-15,18-19,21H2,1,3H3/b13-4-,24-20+. The molecule has 1 saturated heterocycles. The van der Waals surface area contributed by atoms with Gasteiger partial charge in [-0.1, -0.05) is 62.1 Å². The van der Waals surface area contributed by atoms with Gasteiger partial charge in [-0.05, 0) is 70.8 Å². The number of anilines is 1. The number of nitrogens with zero attached hydrogens (tertiary/aromatic N) is 3. The molecule has 2 amide bonds. The summed E-state index contributed by atoms with van der Waals surface area (Å²) in [5.41, 5.74) is 3.49. The molecule has 1 atom stereocenters. The molecule has 0 radical (unpaired) electrons. The van der Waals surface area contributed by atoms with Gasteiger partial charge in [-0.25, -0.2) is 0 Å². The number of carbonyl (C=O) groups excluding carboxylic acids is 2. The summed E-state index contributed by atoms with van der Waals surface area (Å²) in [4.78, 5) is 34.1. The Hall–Kier alpha value is -2.66. The SMILES string of the molecule is C=C(C)/C=C(\C=C/C)N(C(=O)CN1CCCCC1)C1C(=O)N(C2CCCCC2)c2ccccc21. The minimum Gasteiger partial charge on any atom is -0.307 e. The van der Waals surface area contributed by atoms with Gasteiger partial charge in [-0.2, -0.15) is 0 Å². The Balaban J connectivity index is 1.75. The Labute approximate surface area is 204 Å². The van der Waals surface area contributed by atoms with Crippen molar-refractivity contribution in [1.29, 1.82) is 0 Å². The Morgan fingerprint density at radius 1 is 1.09 bits per heavy atom. The van der Waals surface area contributed by atoms with E-state index in [9.17, 15) is 9.59 Å². The summed E-state index contributed by atoms with van der Waals surface area (Å²) < 4.78 is 0. The van der Waals surface area contributed by atoms with Crippen LogP contribution >= 0.6 is 0 Å². The number of amides is 2. The fourth-order valence-corrected chi connectivity index (χ4v) is 5.73. The lowest BCUT2D eigenvalue weighted by molar-refractivity contribution is -0.138. The van der Waals surface area contributed by atoms with Crippen molar-refractivity contribution in [3.8, 4) is 0 Å². The monoisotopic (exact) mass is 461 g/mol. The first-order valence-electron chi connectivity index (χ1n) is 13.0. The van der Waals surface area contributed by atoms with Gasteiger partial charge in [-0.3, -0.25) is 19.4 Å². The van der Waals surface area contributed by atoms with E-state index in [2.05, 4.69) is 11.5 Å². The van der Waals surface area contributed by atoms with Crippen molar-refractivity contribution < 1.29 is 9.59 Å². The van der Waals surface area contributed by atoms with Crippen LogP contribution in [-0.2, 0) is 9.59 Å². The molecule has 0 N–H and O–H groups in total. The lowest BCUT2D eigenvalue weighted by Crippen LogP contribution is -2.47. The summed E-state index contributed by atoms with van der Waals surface area (Å²) in [7, 11) is 0. The van der Waals surface area contributed by atoms with Crippen molar-refractivity contribution >= 4 is 17.5 Å². The van der Waals surface area contributed by atoms with Gasteiger partial charge in [-0.15, -0.1) is 0 Å². The third-order valence-electron chi connectivity index (χ3n) is 7.25. The summed E-state index contributed by atoms with van der Waals surface area (Å²) >= 11 is 0. The average molecular weight is 462 g/mol. The van der Waals surface area contributed by atoms with E-state index in [1.165, 1.54) is 12.8 Å². The van der Waals surface area contributed by atoms with Crippen molar-refractivity contribution in [3.63, 3.8) is 0 Å². The predicted octanol–water partition coefficient (Wildman–Crippen LogP) is 5.76. The largest absolute Gasteiger partial charge is 0.307 e. The maximum absolute atomic E-state index is 14.1. The number of likely N-dealkylation sites (tertiary alicyclic amines) is 1. The molecule has 1 aliphatic carbocycles. The summed E-state index contributed by atoms with van der Waals surface area (Å²) in [6.45, 7) is 10.1. The third kappa shape index (κ3) is 5.20. The second-order valence-electron chi connectivity index (χ2n) is 9.98. The lowest BCUT2D eigenvalue weighted by atomic mass is 9.94. The molecule has 2 aliphatic heterocycles. The second kappa shape index (κ2) is 11.2. The van der Waals surface area contributed by atoms with Crippen molar-refractivity contribution in [2.45, 2.75) is 77.3 Å². The highest BCUT2D eigenvalue weighted by atomic mass is 16.2. The van der Waals surface area contributed by atoms with Gasteiger partial charge in [0.15, 0.2) is 0 Å². The molecule has 1 aromatic rings. The molecule has 2 fully saturated rings. The number of piperidine rings is 1. The molecule has 5 heteroatoms. The van der Waals surface area contributed by atoms with Gasteiger partial charge in [0.1, 0.15) is 6.04 Å². The van der Waals surface area contributed by atoms with Gasteiger partial charge < -0.3 is 4.90 Å². The molecule has 2 heterocycles. The zero-order valence-corrected chi connectivity index (χ0v) is 20.8. The van der Waals surface area contributed by atoms with Gasteiger partial charge in [0, 0.05) is 23.0 Å². The number of carbonyl (C=O) groups is 2. The Morgan fingerprint density at radius 3 is 2.44 bits per heavy atom. The molecular weight excluding hydrogens is 422 g/mol. The average Bonchev–Trinajstić information content (AvgIpc) is 3.12. The van der Waals surface area contributed by atoms with Crippen LogP contribution in [0, 0.1) is 0 Å². The quantitative estimate of drug-likeness (QED) is 0.485. The molecule has 0 bridgehead atoms. The number of rotatable bonds is 7. The molecule has 0 aromatic heterocycles. The van der Waals surface area contributed by atoms with Crippen LogP contribution in [0.25, 0.3) is 0 Å². The molecule has 34 heavy (non-hydrogen) atoms. The summed E-state index contributed by atoms with van der Waals surface area (Å²) in [6, 6.07) is 7.62. The van der Waals surface area contributed by atoms with Gasteiger partial charge in [0.25, 0.3) is 5.91 Å². The van der Waals surface area contributed by atoms with Crippen LogP contribution in [0.5, 0.6) is 0 Å². The summed E-state index contributed by atoms with van der Waals surface area (Å²) in [5, 5.41) is 0. The van der Waals surface area contributed by atoms with E-state index in [-0.39, 0.29) is 17.9 Å². The molecule has 1 unspecified atom stereocenters. The van der Waals surface area contributed by atoms with E-state index in [0.29, 0.717) is 6.54 Å². The maximum atomic E-state index is 14.1. The van der Waals surface area contributed by atoms with Gasteiger partial charge >= 0.3 is 0 Å². The van der Waals surface area contributed by atoms with Crippen LogP contribution in [-0.4, -0.2) is 47.3 Å². The van der Waals surface area contributed by atoms with Crippen molar-refractivity contribution in [3.05, 3.63) is 65.9 Å². The molecule has 4 rings (SSSR count). The second-order valence-corrected chi connectivity index (χ2v) is 9.98. The molecule has 1 saturated carbocycles. The Morgan fingerprint density at radius 2 is 1.76 bits per heavy atom. The highest BCUT2D eigenvalue weighted by Crippen LogP contribution is 2.44. The summed E-state index contributed by atoms with van der Waals surface area (Å²) in [5.74, 6) is 0.00311. The highest BCUT2D eigenvalue weighted by molar-refractivity contribution is 6.07. The minimum atomic E-state index is -0.641. The van der Waals surface area contributed by atoms with Crippen LogP contribution in [0.1, 0.15) is 76.8 Å². The Kier molecular flexibility index (Phi) is 8.04. The van der Waals surface area contributed by atoms with Gasteiger partial charge in [0.05, 0.1) is 6.54 Å². The number of hydrogen-bond donors (Lipinski definition) is 0. The van der Waals surface area contributed by atoms with Crippen molar-refractivity contribution in [2.24, 2.45) is 0 Å². The number of para-hydroxylation sites is 1. The topological polar surface area (TPSA) is 43.9 Å². The van der Waals surface area contributed by atoms with Crippen LogP contribution in [0.4, 0.5) is 5.69 Å². The van der Waals surface area contributed by atoms with E-state index in [4.69, 9.17) is 0 Å². The Bertz CT molecular complexity index is 967. The number of allylic oxidation sites excluding steroid dienone is 4. The normalized spacial score (nSPS) is 22.3. The number of benzene rings is 1. The zero-order valence-electron chi connectivity index (χ0n) is 20.8.